The molecule has 0 fully saturated rings. The lowest BCUT2D eigenvalue weighted by Gasteiger charge is -2.01. The van der Waals surface area contributed by atoms with E-state index in [4.69, 9.17) is 0 Å². The van der Waals surface area contributed by atoms with Gasteiger partial charge in [-0.2, -0.15) is 0 Å². The van der Waals surface area contributed by atoms with Crippen LogP contribution in [0.4, 0.5) is 0 Å². The third kappa shape index (κ3) is 15.2. The first-order chi connectivity index (χ1) is 9.81. The first-order valence-corrected chi connectivity index (χ1v) is 8.60. The van der Waals surface area contributed by atoms with Crippen molar-refractivity contribution in [1.82, 2.24) is 0 Å². The van der Waals surface area contributed by atoms with Gasteiger partial charge in [0.2, 0.25) is 0 Å². The van der Waals surface area contributed by atoms with Crippen LogP contribution < -0.4 is 0 Å². The normalized spacial score (nSPS) is 12.2. The Hall–Kier alpha value is -0.850. The van der Waals surface area contributed by atoms with Gasteiger partial charge in [-0.1, -0.05) is 89.4 Å². The molecule has 0 N–H and O–H groups in total. The van der Waals surface area contributed by atoms with Crippen LogP contribution in [-0.4, -0.2) is 6.29 Å². The van der Waals surface area contributed by atoms with Crippen LogP contribution in [0, 0.1) is 0 Å². The Kier molecular flexibility index (Phi) is 15.5. The summed E-state index contributed by atoms with van der Waals surface area (Å²) < 4.78 is 0. The van der Waals surface area contributed by atoms with Crippen LogP contribution in [0.25, 0.3) is 0 Å². The second kappa shape index (κ2) is 16.2. The van der Waals surface area contributed by atoms with Crippen molar-refractivity contribution in [3.8, 4) is 0 Å². The molecular weight excluding hydrogens is 244 g/mol. The van der Waals surface area contributed by atoms with Gasteiger partial charge in [0.05, 0.1) is 0 Å². The van der Waals surface area contributed by atoms with E-state index in [1.807, 2.05) is 19.1 Å². The van der Waals surface area contributed by atoms with Gasteiger partial charge in [-0.05, 0) is 25.3 Å². The molecule has 0 amide bonds. The number of unbranched alkanes of at least 4 members (excludes halogenated alkanes) is 11. The second-order valence-electron chi connectivity index (χ2n) is 5.78. The Balaban J connectivity index is 3.15. The lowest BCUT2D eigenvalue weighted by Crippen LogP contribution is -1.82. The molecule has 0 atom stereocenters. The largest absolute Gasteiger partial charge is 0.298 e. The maximum Gasteiger partial charge on any atom is 0.145 e. The highest BCUT2D eigenvalue weighted by atomic mass is 16.1. The van der Waals surface area contributed by atoms with E-state index in [-0.39, 0.29) is 0 Å². The van der Waals surface area contributed by atoms with Crippen LogP contribution in [0.5, 0.6) is 0 Å². The summed E-state index contributed by atoms with van der Waals surface area (Å²) in [6.07, 6.45) is 23.4. The van der Waals surface area contributed by atoms with Gasteiger partial charge in [0, 0.05) is 0 Å². The number of carbonyl (C=O) groups excluding carboxylic acids is 1. The molecule has 0 aliphatic rings. The molecule has 20 heavy (non-hydrogen) atoms. The topological polar surface area (TPSA) is 17.1 Å². The fourth-order valence-electron chi connectivity index (χ4n) is 2.28. The van der Waals surface area contributed by atoms with E-state index in [1.54, 1.807) is 0 Å². The van der Waals surface area contributed by atoms with Crippen molar-refractivity contribution in [2.45, 2.75) is 90.9 Å². The van der Waals surface area contributed by atoms with E-state index in [0.717, 1.165) is 18.3 Å². The maximum atomic E-state index is 10.4. The highest BCUT2D eigenvalue weighted by molar-refractivity contribution is 5.72. The van der Waals surface area contributed by atoms with Gasteiger partial charge in [-0.25, -0.2) is 0 Å². The molecular formula is C19H34O. The van der Waals surface area contributed by atoms with E-state index in [9.17, 15) is 4.79 Å². The van der Waals surface area contributed by atoms with Crippen LogP contribution in [0.1, 0.15) is 90.9 Å². The molecule has 0 rings (SSSR count). The average Bonchev–Trinajstić information content (AvgIpc) is 2.47. The minimum absolute atomic E-state index is 0.792. The van der Waals surface area contributed by atoms with Crippen molar-refractivity contribution in [2.24, 2.45) is 0 Å². The van der Waals surface area contributed by atoms with Gasteiger partial charge >= 0.3 is 0 Å². The number of rotatable bonds is 14. The maximum absolute atomic E-state index is 10.4. The van der Waals surface area contributed by atoms with Crippen molar-refractivity contribution >= 4 is 6.29 Å². The predicted octanol–water partition coefficient (Wildman–Crippen LogP) is 6.39. The SMILES string of the molecule is CCCCCCCCCCCCCC=CC=C(C)C=O. The van der Waals surface area contributed by atoms with E-state index in [1.165, 1.54) is 70.6 Å². The van der Waals surface area contributed by atoms with Gasteiger partial charge in [-0.3, -0.25) is 4.79 Å². The molecule has 0 heterocycles. The zero-order chi connectivity index (χ0) is 14.9. The first-order valence-electron chi connectivity index (χ1n) is 8.60. The standard InChI is InChI=1S/C19H34O/c1-3-4-5-6-7-8-9-10-11-12-13-14-15-16-17-19(2)18-20/h15-18H,3-14H2,1-2H3. The van der Waals surface area contributed by atoms with Gasteiger partial charge in [-0.15, -0.1) is 0 Å². The summed E-state index contributed by atoms with van der Waals surface area (Å²) in [6.45, 7) is 4.11. The summed E-state index contributed by atoms with van der Waals surface area (Å²) in [4.78, 5) is 10.4. The molecule has 0 radical (unpaired) electrons. The van der Waals surface area contributed by atoms with E-state index >= 15 is 0 Å². The highest BCUT2D eigenvalue weighted by Gasteiger charge is 1.92. The number of allylic oxidation sites excluding steroid dienone is 4. The third-order valence-corrected chi connectivity index (χ3v) is 3.66. The van der Waals surface area contributed by atoms with E-state index in [2.05, 4.69) is 13.0 Å². The van der Waals surface area contributed by atoms with Crippen LogP contribution in [-0.2, 0) is 4.79 Å². The number of hydrogen-bond acceptors (Lipinski definition) is 1. The van der Waals surface area contributed by atoms with Gasteiger partial charge in [0.25, 0.3) is 0 Å². The summed E-state index contributed by atoms with van der Waals surface area (Å²) >= 11 is 0. The molecule has 1 heteroatoms. The molecule has 0 bridgehead atoms. The number of carbonyl (C=O) groups is 1. The summed E-state index contributed by atoms with van der Waals surface area (Å²) in [5.74, 6) is 0. The smallest absolute Gasteiger partial charge is 0.145 e. The van der Waals surface area contributed by atoms with Crippen LogP contribution in [0.3, 0.4) is 0 Å². The molecule has 0 unspecified atom stereocenters. The monoisotopic (exact) mass is 278 g/mol. The summed E-state index contributed by atoms with van der Waals surface area (Å²) in [5.41, 5.74) is 0.792. The Morgan fingerprint density at radius 3 is 1.80 bits per heavy atom. The lowest BCUT2D eigenvalue weighted by molar-refractivity contribution is -0.104. The van der Waals surface area contributed by atoms with Crippen LogP contribution >= 0.6 is 0 Å². The third-order valence-electron chi connectivity index (χ3n) is 3.66. The van der Waals surface area contributed by atoms with E-state index < -0.39 is 0 Å². The number of aldehydes is 1. The quantitative estimate of drug-likeness (QED) is 0.156. The van der Waals surface area contributed by atoms with Crippen molar-refractivity contribution in [3.63, 3.8) is 0 Å². The van der Waals surface area contributed by atoms with Crippen molar-refractivity contribution < 1.29 is 4.79 Å². The Labute approximate surface area is 126 Å². The predicted molar refractivity (Wildman–Crippen MR) is 90.0 cm³/mol. The van der Waals surface area contributed by atoms with Gasteiger partial charge in [0.15, 0.2) is 0 Å². The van der Waals surface area contributed by atoms with Gasteiger partial charge in [0.1, 0.15) is 6.29 Å². The average molecular weight is 278 g/mol. The van der Waals surface area contributed by atoms with Gasteiger partial charge < -0.3 is 0 Å². The molecule has 0 saturated carbocycles. The lowest BCUT2D eigenvalue weighted by atomic mass is 10.1. The molecule has 0 aromatic heterocycles. The molecule has 116 valence electrons. The molecule has 0 aliphatic carbocycles. The minimum atomic E-state index is 0.792. The van der Waals surface area contributed by atoms with Crippen molar-refractivity contribution in [3.05, 3.63) is 23.8 Å². The molecule has 0 aliphatic heterocycles. The summed E-state index contributed by atoms with van der Waals surface area (Å²) in [6, 6.07) is 0. The zero-order valence-electron chi connectivity index (χ0n) is 13.7. The van der Waals surface area contributed by atoms with E-state index in [0.29, 0.717) is 0 Å². The molecule has 0 aromatic carbocycles. The van der Waals surface area contributed by atoms with Crippen LogP contribution in [0.2, 0.25) is 0 Å². The Morgan fingerprint density at radius 1 is 0.800 bits per heavy atom. The Morgan fingerprint density at radius 2 is 1.30 bits per heavy atom. The fourth-order valence-corrected chi connectivity index (χ4v) is 2.28. The summed E-state index contributed by atoms with van der Waals surface area (Å²) in [5, 5.41) is 0. The molecule has 0 aromatic rings. The van der Waals surface area contributed by atoms with Crippen molar-refractivity contribution in [2.75, 3.05) is 0 Å². The van der Waals surface area contributed by atoms with Crippen LogP contribution in [0.15, 0.2) is 23.8 Å². The molecule has 1 nitrogen and oxygen atoms in total. The first kappa shape index (κ1) is 19.1. The van der Waals surface area contributed by atoms with Crippen molar-refractivity contribution in [1.29, 1.82) is 0 Å². The number of hydrogen-bond donors (Lipinski definition) is 0. The molecule has 0 spiro atoms. The molecule has 0 saturated heterocycles. The Bertz CT molecular complexity index is 263. The summed E-state index contributed by atoms with van der Waals surface area (Å²) in [7, 11) is 0. The minimum Gasteiger partial charge on any atom is -0.298 e. The zero-order valence-corrected chi connectivity index (χ0v) is 13.7. The highest BCUT2D eigenvalue weighted by Crippen LogP contribution is 2.11. The second-order valence-corrected chi connectivity index (χ2v) is 5.78. The fraction of sp³-hybridized carbons (Fsp3) is 0.737.